The summed E-state index contributed by atoms with van der Waals surface area (Å²) in [5.41, 5.74) is 9.27. The van der Waals surface area contributed by atoms with Gasteiger partial charge in [-0.15, -0.1) is 46.1 Å². The van der Waals surface area contributed by atoms with Gasteiger partial charge < -0.3 is 0 Å². The maximum atomic E-state index is 3.93. The largest absolute Gasteiger partial charge is 0.100 e. The molecule has 0 rings (SSSR count). The maximum Gasteiger partial charge on any atom is -0.0326 e. The van der Waals surface area contributed by atoms with Crippen molar-refractivity contribution in [3.8, 4) is 0 Å². The van der Waals surface area contributed by atoms with Crippen LogP contribution in [0.3, 0.4) is 0 Å². The van der Waals surface area contributed by atoms with Crippen LogP contribution in [0.4, 0.5) is 0 Å². The molecule has 0 heterocycles. The third-order valence-corrected chi connectivity index (χ3v) is 13.8. The summed E-state index contributed by atoms with van der Waals surface area (Å²) in [5.74, 6) is 0.904. The minimum absolute atomic E-state index is 0.904. The molecule has 0 saturated carbocycles. The summed E-state index contributed by atoms with van der Waals surface area (Å²) in [4.78, 5) is 0. The first-order chi connectivity index (χ1) is 38.2. The summed E-state index contributed by atoms with van der Waals surface area (Å²) in [5, 5.41) is 0. The van der Waals surface area contributed by atoms with Gasteiger partial charge in [-0.05, 0) is 138 Å². The Hall–Kier alpha value is -1.82. The van der Waals surface area contributed by atoms with E-state index in [4.69, 9.17) is 0 Å². The van der Waals surface area contributed by atoms with Crippen molar-refractivity contribution < 1.29 is 0 Å². The average molecular weight is 1120 g/mol. The summed E-state index contributed by atoms with van der Waals surface area (Å²) in [7, 11) is 0. The molecule has 0 aliphatic carbocycles. The van der Waals surface area contributed by atoms with Gasteiger partial charge in [0.15, 0.2) is 0 Å². The van der Waals surface area contributed by atoms with Crippen molar-refractivity contribution in [2.24, 2.45) is 5.92 Å². The molecule has 80 heavy (non-hydrogen) atoms. The van der Waals surface area contributed by atoms with Crippen molar-refractivity contribution in [2.75, 3.05) is 0 Å². The summed E-state index contributed by atoms with van der Waals surface area (Å²) in [6.45, 7) is 64.2. The molecule has 0 nitrogen and oxygen atoms in total. The lowest BCUT2D eigenvalue weighted by molar-refractivity contribution is 0.534. The van der Waals surface area contributed by atoms with Crippen LogP contribution in [0.15, 0.2) is 85.1 Å². The van der Waals surface area contributed by atoms with E-state index in [1.54, 1.807) is 0 Å². The lowest BCUT2D eigenvalue weighted by Crippen LogP contribution is -1.85. The van der Waals surface area contributed by atoms with Gasteiger partial charge in [0, 0.05) is 0 Å². The molecule has 0 atom stereocenters. The first-order valence-corrected chi connectivity index (χ1v) is 35.7. The van der Waals surface area contributed by atoms with Gasteiger partial charge in [-0.25, -0.2) is 0 Å². The number of unbranched alkanes of at least 4 members (excludes halogenated alkanes) is 32. The highest BCUT2D eigenvalue weighted by molar-refractivity contribution is 4.90. The van der Waals surface area contributed by atoms with E-state index in [2.05, 4.69) is 164 Å². The number of hydrogen-bond donors (Lipinski definition) is 0. The summed E-state index contributed by atoms with van der Waals surface area (Å²) >= 11 is 0. The van der Waals surface area contributed by atoms with E-state index in [1.807, 2.05) is 0 Å². The van der Waals surface area contributed by atoms with Crippen molar-refractivity contribution in [3.63, 3.8) is 0 Å². The molecule has 0 heteroatoms. The smallest absolute Gasteiger partial charge is 0.0326 e. The highest BCUT2D eigenvalue weighted by atomic mass is 14.0. The van der Waals surface area contributed by atoms with Crippen molar-refractivity contribution in [1.82, 2.24) is 0 Å². The van der Waals surface area contributed by atoms with E-state index in [9.17, 15) is 0 Å². The minimum atomic E-state index is 0.904. The molecule has 0 aromatic carbocycles. The van der Waals surface area contributed by atoms with Crippen molar-refractivity contribution >= 4 is 0 Å². The molecule has 0 aromatic heterocycles. The SMILES string of the molecule is C=C(C)CCC.C=C(C)CCCC.C=C(C)CCCCCC.C=C(C)CCCCCCC.C=C(C)CCCCCCCC.C=C(C)CCCCCCCCCCC.C=C(C)CCCCCCCCCCCC.CCCCCC(C)C. The molecule has 0 N–H and O–H groups in total. The van der Waals surface area contributed by atoms with E-state index < -0.39 is 0 Å². The fourth-order valence-electron chi connectivity index (χ4n) is 8.45. The van der Waals surface area contributed by atoms with Crippen molar-refractivity contribution in [3.05, 3.63) is 85.1 Å². The zero-order chi connectivity index (χ0) is 62.6. The lowest BCUT2D eigenvalue weighted by Gasteiger charge is -2.02. The quantitative estimate of drug-likeness (QED) is 0.0421. The average Bonchev–Trinajstić information content (AvgIpc) is 3.39. The topological polar surface area (TPSA) is 0 Å². The van der Waals surface area contributed by atoms with Gasteiger partial charge in [0.1, 0.15) is 0 Å². The third-order valence-electron chi connectivity index (χ3n) is 13.8. The molecule has 0 amide bonds. The third kappa shape index (κ3) is 147. The maximum absolute atomic E-state index is 3.93. The Labute approximate surface area is 514 Å². The second kappa shape index (κ2) is 90.9. The van der Waals surface area contributed by atoms with Gasteiger partial charge in [0.25, 0.3) is 0 Å². The molecule has 482 valence electrons. The molecule has 0 aliphatic heterocycles. The summed E-state index contributed by atoms with van der Waals surface area (Å²) in [6.07, 6.45) is 65.6. The van der Waals surface area contributed by atoms with Crippen LogP contribution in [-0.2, 0) is 0 Å². The van der Waals surface area contributed by atoms with Crippen molar-refractivity contribution in [1.29, 1.82) is 0 Å². The van der Waals surface area contributed by atoms with Crippen LogP contribution in [0.25, 0.3) is 0 Å². The Morgan fingerprint density at radius 1 is 0.188 bits per heavy atom. The number of allylic oxidation sites excluding steroid dienone is 7. The van der Waals surface area contributed by atoms with E-state index in [0.717, 1.165) is 5.92 Å². The van der Waals surface area contributed by atoms with Gasteiger partial charge in [-0.3, -0.25) is 0 Å². The number of hydrogen-bond acceptors (Lipinski definition) is 0. The highest BCUT2D eigenvalue weighted by Crippen LogP contribution is 2.15. The van der Waals surface area contributed by atoms with E-state index in [1.165, 1.54) is 347 Å². The monoisotopic (exact) mass is 1120 g/mol. The van der Waals surface area contributed by atoms with Gasteiger partial charge in [-0.1, -0.05) is 333 Å². The molecule has 0 aliphatic rings. The second-order valence-corrected chi connectivity index (χ2v) is 25.4. The van der Waals surface area contributed by atoms with Crippen LogP contribution in [0.5, 0.6) is 0 Å². The fourth-order valence-corrected chi connectivity index (χ4v) is 8.45. The Morgan fingerprint density at radius 2 is 0.338 bits per heavy atom. The van der Waals surface area contributed by atoms with Crippen molar-refractivity contribution in [2.45, 2.75) is 426 Å². The molecule has 0 aromatic rings. The fraction of sp³-hybridized carbons (Fsp3) is 0.825. The zero-order valence-corrected chi connectivity index (χ0v) is 60.0. The van der Waals surface area contributed by atoms with Gasteiger partial charge >= 0.3 is 0 Å². The van der Waals surface area contributed by atoms with E-state index in [0.29, 0.717) is 0 Å². The molecule has 0 saturated heterocycles. The van der Waals surface area contributed by atoms with Crippen LogP contribution in [0, 0.1) is 5.92 Å². The van der Waals surface area contributed by atoms with Crippen LogP contribution < -0.4 is 0 Å². The Morgan fingerprint density at radius 3 is 0.475 bits per heavy atom. The van der Waals surface area contributed by atoms with Crippen LogP contribution in [0.1, 0.15) is 426 Å². The Bertz CT molecular complexity index is 1190. The minimum Gasteiger partial charge on any atom is -0.100 e. The van der Waals surface area contributed by atoms with Crippen LogP contribution >= 0.6 is 0 Å². The normalized spacial score (nSPS) is 9.93. The molecule has 0 unspecified atom stereocenters. The first-order valence-electron chi connectivity index (χ1n) is 35.7. The van der Waals surface area contributed by atoms with Gasteiger partial charge in [-0.2, -0.15) is 0 Å². The van der Waals surface area contributed by atoms with Gasteiger partial charge in [0.05, 0.1) is 0 Å². The van der Waals surface area contributed by atoms with E-state index in [-0.39, 0.29) is 0 Å². The summed E-state index contributed by atoms with van der Waals surface area (Å²) < 4.78 is 0. The number of rotatable bonds is 48. The lowest BCUT2D eigenvalue weighted by atomic mass is 10.0. The summed E-state index contributed by atoms with van der Waals surface area (Å²) in [6, 6.07) is 0. The predicted octanol–water partition coefficient (Wildman–Crippen LogP) is 31.5. The molecule has 0 bridgehead atoms. The molecular formula is C80H162. The first kappa shape index (κ1) is 94.6. The standard InChI is InChI=1S/C15H30.C14H28.C11H22.C10H20.C9H18.C8H18.C7H14.C6H12/c1-4-5-6-7-8-9-10-11-12-13-14-15(2)3;1-4-5-6-7-8-9-10-11-12-13-14(2)3;1-4-5-6-7-8-9-10-11(2)3;1-4-5-6-7-8-9-10(2)3;1-4-5-6-7-8-9(2)3;1-4-5-6-7-8(2)3;1-4-5-6-7(2)3;1-4-5-6(2)3/h2,4-14H2,1,3H3;2,4-13H2,1,3H3;2,4-10H2,1,3H3;2,4-9H2,1,3H3;2,4-8H2,1,3H3;8H,4-7H2,1-3H3;2,4-6H2,1,3H3;2,4-5H2,1,3H3. The zero-order valence-electron chi connectivity index (χ0n) is 60.0. The van der Waals surface area contributed by atoms with Crippen LogP contribution in [0.2, 0.25) is 0 Å². The Balaban J connectivity index is -0.000000125. The molecule has 0 radical (unpaired) electrons. The predicted molar refractivity (Wildman–Crippen MR) is 386 cm³/mol. The second-order valence-electron chi connectivity index (χ2n) is 25.4. The van der Waals surface area contributed by atoms with E-state index >= 15 is 0 Å². The molecule has 0 fully saturated rings. The molecular weight excluding hydrogens is 961 g/mol. The highest BCUT2D eigenvalue weighted by Gasteiger charge is 1.96. The van der Waals surface area contributed by atoms with Crippen LogP contribution in [-0.4, -0.2) is 0 Å². The van der Waals surface area contributed by atoms with Gasteiger partial charge in [0.2, 0.25) is 0 Å². The Kier molecular flexibility index (Phi) is 107. The molecule has 0 spiro atoms.